The largest absolute Gasteiger partial charge is 0.310 e. The van der Waals surface area contributed by atoms with Gasteiger partial charge >= 0.3 is 0 Å². The highest BCUT2D eigenvalue weighted by atomic mass is 15.1. The van der Waals surface area contributed by atoms with Crippen LogP contribution < -0.4 is 4.90 Å². The van der Waals surface area contributed by atoms with Crippen molar-refractivity contribution in [2.75, 3.05) is 4.90 Å². The third-order valence-electron chi connectivity index (χ3n) is 10.9. The number of hydrogen-bond acceptors (Lipinski definition) is 1. The highest BCUT2D eigenvalue weighted by Gasteiger charge is 2.37. The molecule has 0 aliphatic heterocycles. The molecule has 0 fully saturated rings. The van der Waals surface area contributed by atoms with Crippen LogP contribution in [0.1, 0.15) is 49.9 Å². The van der Waals surface area contributed by atoms with Gasteiger partial charge in [-0.25, -0.2) is 0 Å². The van der Waals surface area contributed by atoms with Crippen LogP contribution in [-0.2, 0) is 10.8 Å². The Bertz CT molecular complexity index is 2260. The van der Waals surface area contributed by atoms with Gasteiger partial charge in [-0.1, -0.05) is 143 Å². The molecule has 1 heteroatoms. The monoisotopic (exact) mass is 603 g/mol. The normalized spacial score (nSPS) is 14.7. The second kappa shape index (κ2) is 10.0. The lowest BCUT2D eigenvalue weighted by molar-refractivity contribution is 0.660. The minimum absolute atomic E-state index is 0.0834. The average Bonchev–Trinajstić information content (AvgIpc) is 3.47. The Balaban J connectivity index is 1.25. The number of rotatable bonds is 4. The lowest BCUT2D eigenvalue weighted by Gasteiger charge is -2.30. The summed E-state index contributed by atoms with van der Waals surface area (Å²) < 4.78 is 0. The average molecular weight is 604 g/mol. The highest BCUT2D eigenvalue weighted by Crippen LogP contribution is 2.53. The summed E-state index contributed by atoms with van der Waals surface area (Å²) in [6.45, 7) is 9.45. The van der Waals surface area contributed by atoms with Crippen LogP contribution >= 0.6 is 0 Å². The molecule has 226 valence electrons. The standard InChI is InChI=1S/C46H37N/c1-45(2)41-21-9-7-18-37(41)39-25-23-33(28-43(39)45)47(34-24-26-40-38-19-8-10-22-42(38)46(3,4)44(40)29-34)32-16-11-15-31(27-32)36-20-12-14-30-13-5-6-17-35(30)36/h5-29H,1-4H3. The van der Waals surface area contributed by atoms with Crippen molar-refractivity contribution in [1.82, 2.24) is 0 Å². The van der Waals surface area contributed by atoms with Gasteiger partial charge < -0.3 is 4.90 Å². The molecule has 0 unspecified atom stereocenters. The molecule has 0 saturated carbocycles. The minimum Gasteiger partial charge on any atom is -0.310 e. The predicted octanol–water partition coefficient (Wildman–Crippen LogP) is 12.6. The molecule has 1 nitrogen and oxygen atoms in total. The summed E-state index contributed by atoms with van der Waals surface area (Å²) in [7, 11) is 0. The summed E-state index contributed by atoms with van der Waals surface area (Å²) in [5, 5.41) is 2.53. The molecule has 0 amide bonds. The zero-order valence-corrected chi connectivity index (χ0v) is 27.4. The van der Waals surface area contributed by atoms with Crippen LogP contribution in [-0.4, -0.2) is 0 Å². The maximum atomic E-state index is 2.47. The number of benzene rings is 7. The fraction of sp³-hybridized carbons (Fsp3) is 0.130. The zero-order chi connectivity index (χ0) is 31.9. The van der Waals surface area contributed by atoms with E-state index in [0.29, 0.717) is 0 Å². The molecule has 0 atom stereocenters. The van der Waals surface area contributed by atoms with E-state index in [1.54, 1.807) is 0 Å². The third kappa shape index (κ3) is 4.09. The highest BCUT2D eigenvalue weighted by molar-refractivity contribution is 5.98. The van der Waals surface area contributed by atoms with Gasteiger partial charge in [-0.2, -0.15) is 0 Å². The van der Waals surface area contributed by atoms with Crippen LogP contribution in [0.25, 0.3) is 44.2 Å². The van der Waals surface area contributed by atoms with Gasteiger partial charge in [0.2, 0.25) is 0 Å². The summed E-state index contributed by atoms with van der Waals surface area (Å²) in [5.74, 6) is 0. The van der Waals surface area contributed by atoms with Crippen molar-refractivity contribution in [3.05, 3.63) is 174 Å². The van der Waals surface area contributed by atoms with Crippen molar-refractivity contribution in [2.24, 2.45) is 0 Å². The fourth-order valence-corrected chi connectivity index (χ4v) is 8.40. The first-order valence-electron chi connectivity index (χ1n) is 16.7. The Morgan fingerprint density at radius 2 is 0.830 bits per heavy atom. The summed E-state index contributed by atoms with van der Waals surface area (Å²) in [6.07, 6.45) is 0. The van der Waals surface area contributed by atoms with Crippen molar-refractivity contribution >= 4 is 27.8 Å². The molecule has 0 spiro atoms. The van der Waals surface area contributed by atoms with E-state index in [9.17, 15) is 0 Å². The van der Waals surface area contributed by atoms with Gasteiger partial charge in [0.15, 0.2) is 0 Å². The van der Waals surface area contributed by atoms with Crippen molar-refractivity contribution < 1.29 is 0 Å². The van der Waals surface area contributed by atoms with Crippen molar-refractivity contribution in [1.29, 1.82) is 0 Å². The quantitative estimate of drug-likeness (QED) is 0.193. The van der Waals surface area contributed by atoms with Gasteiger partial charge in [0.1, 0.15) is 0 Å². The molecule has 0 aromatic heterocycles. The van der Waals surface area contributed by atoms with Gasteiger partial charge in [0.05, 0.1) is 0 Å². The summed E-state index contributed by atoms with van der Waals surface area (Å²) >= 11 is 0. The Hall–Kier alpha value is -5.40. The number of anilines is 3. The van der Waals surface area contributed by atoms with Gasteiger partial charge in [0, 0.05) is 27.9 Å². The van der Waals surface area contributed by atoms with Gasteiger partial charge in [-0.3, -0.25) is 0 Å². The van der Waals surface area contributed by atoms with E-state index in [0.717, 1.165) is 5.69 Å². The Morgan fingerprint density at radius 3 is 1.47 bits per heavy atom. The number of fused-ring (bicyclic) bond motifs is 7. The van der Waals surface area contributed by atoms with E-state index in [1.165, 1.54) is 77.8 Å². The van der Waals surface area contributed by atoms with Crippen molar-refractivity contribution in [2.45, 2.75) is 38.5 Å². The molecule has 0 bridgehead atoms. The molecular formula is C46H37N. The van der Waals surface area contributed by atoms with Crippen molar-refractivity contribution in [3.8, 4) is 33.4 Å². The molecule has 9 rings (SSSR count). The summed E-state index contributed by atoms with van der Waals surface area (Å²) in [4.78, 5) is 2.47. The summed E-state index contributed by atoms with van der Waals surface area (Å²) in [6, 6.07) is 56.3. The molecule has 0 radical (unpaired) electrons. The lowest BCUT2D eigenvalue weighted by atomic mass is 9.82. The van der Waals surface area contributed by atoms with Crippen LogP contribution in [0.3, 0.4) is 0 Å². The van der Waals surface area contributed by atoms with Crippen LogP contribution in [0.4, 0.5) is 17.1 Å². The van der Waals surface area contributed by atoms with E-state index in [1.807, 2.05) is 0 Å². The van der Waals surface area contributed by atoms with Crippen LogP contribution in [0.5, 0.6) is 0 Å². The Kier molecular flexibility index (Phi) is 5.96. The zero-order valence-electron chi connectivity index (χ0n) is 27.4. The maximum Gasteiger partial charge on any atom is 0.0467 e. The molecule has 7 aromatic rings. The minimum atomic E-state index is -0.0834. The molecule has 0 N–H and O–H groups in total. The van der Waals surface area contributed by atoms with Gasteiger partial charge in [-0.05, 0) is 103 Å². The van der Waals surface area contributed by atoms with E-state index >= 15 is 0 Å². The van der Waals surface area contributed by atoms with Gasteiger partial charge in [-0.15, -0.1) is 0 Å². The predicted molar refractivity (Wildman–Crippen MR) is 199 cm³/mol. The maximum absolute atomic E-state index is 2.47. The van der Waals surface area contributed by atoms with Gasteiger partial charge in [0.25, 0.3) is 0 Å². The first kappa shape index (κ1) is 27.9. The second-order valence-electron chi connectivity index (χ2n) is 14.2. The third-order valence-corrected chi connectivity index (χ3v) is 10.9. The molecule has 0 saturated heterocycles. The topological polar surface area (TPSA) is 3.24 Å². The first-order chi connectivity index (χ1) is 22.8. The van der Waals surface area contributed by atoms with E-state index in [4.69, 9.17) is 0 Å². The molecule has 2 aliphatic rings. The number of nitrogens with zero attached hydrogens (tertiary/aromatic N) is 1. The molecule has 47 heavy (non-hydrogen) atoms. The molecule has 2 aliphatic carbocycles. The molecule has 7 aromatic carbocycles. The van der Waals surface area contributed by atoms with Crippen LogP contribution in [0.2, 0.25) is 0 Å². The SMILES string of the molecule is CC1(C)c2ccccc2-c2ccc(N(c3cccc(-c4cccc5ccccc45)c3)c3ccc4c(c3)C(C)(C)c3ccccc3-4)cc21. The van der Waals surface area contributed by atoms with Crippen LogP contribution in [0.15, 0.2) is 152 Å². The molecule has 0 heterocycles. The fourth-order valence-electron chi connectivity index (χ4n) is 8.40. The van der Waals surface area contributed by atoms with E-state index in [-0.39, 0.29) is 10.8 Å². The Labute approximate surface area is 277 Å². The second-order valence-corrected chi connectivity index (χ2v) is 14.2. The number of hydrogen-bond donors (Lipinski definition) is 0. The van der Waals surface area contributed by atoms with Crippen LogP contribution in [0, 0.1) is 0 Å². The van der Waals surface area contributed by atoms with E-state index < -0.39 is 0 Å². The van der Waals surface area contributed by atoms with E-state index in [2.05, 4.69) is 184 Å². The van der Waals surface area contributed by atoms with Crippen molar-refractivity contribution in [3.63, 3.8) is 0 Å². The summed E-state index contributed by atoms with van der Waals surface area (Å²) in [5.41, 5.74) is 16.7. The molecular weight excluding hydrogens is 567 g/mol. The first-order valence-corrected chi connectivity index (χ1v) is 16.7. The Morgan fingerprint density at radius 1 is 0.362 bits per heavy atom. The lowest BCUT2D eigenvalue weighted by Crippen LogP contribution is -2.18. The smallest absolute Gasteiger partial charge is 0.0467 e.